The molecule has 0 aromatic carbocycles. The van der Waals surface area contributed by atoms with Crippen molar-refractivity contribution in [2.75, 3.05) is 13.2 Å². The number of hydrogen-bond donors (Lipinski definition) is 1. The Morgan fingerprint density at radius 1 is 1.50 bits per heavy atom. The van der Waals surface area contributed by atoms with Gasteiger partial charge in [-0.1, -0.05) is 0 Å². The Morgan fingerprint density at radius 3 is 3.00 bits per heavy atom. The van der Waals surface area contributed by atoms with Crippen LogP contribution in [0.25, 0.3) is 0 Å². The van der Waals surface area contributed by atoms with E-state index in [0.29, 0.717) is 19.2 Å². The maximum Gasteiger partial charge on any atom is 0.316 e. The van der Waals surface area contributed by atoms with Gasteiger partial charge in [0.25, 0.3) is 0 Å². The normalized spacial score (nSPS) is 22.5. The highest BCUT2D eigenvalue weighted by Gasteiger charge is 2.17. The van der Waals surface area contributed by atoms with Crippen molar-refractivity contribution in [2.24, 2.45) is 0 Å². The third-order valence-corrected chi connectivity index (χ3v) is 1.50. The van der Waals surface area contributed by atoms with Crippen LogP contribution in [0.4, 0.5) is 0 Å². The van der Waals surface area contributed by atoms with Crippen LogP contribution >= 0.6 is 0 Å². The highest BCUT2D eigenvalue weighted by molar-refractivity contribution is 4.94. The first-order valence-electron chi connectivity index (χ1n) is 3.73. The summed E-state index contributed by atoms with van der Waals surface area (Å²) in [5, 5.41) is 0. The molecular formula is C7H9N3O2. The van der Waals surface area contributed by atoms with E-state index in [-0.39, 0.29) is 6.10 Å². The minimum atomic E-state index is 0.0207. The van der Waals surface area contributed by atoms with Crippen LogP contribution in [0, 0.1) is 0 Å². The molecule has 64 valence electrons. The zero-order chi connectivity index (χ0) is 8.23. The third kappa shape index (κ3) is 1.69. The first-order chi connectivity index (χ1) is 5.95. The predicted octanol–water partition coefficient (Wildman–Crippen LogP) is -0.241. The van der Waals surface area contributed by atoms with E-state index in [0.717, 1.165) is 0 Å². The summed E-state index contributed by atoms with van der Waals surface area (Å²) in [5.74, 6) is 0. The van der Waals surface area contributed by atoms with Gasteiger partial charge in [0.2, 0.25) is 0 Å². The maximum absolute atomic E-state index is 5.37. The fourth-order valence-corrected chi connectivity index (χ4v) is 0.934. The molecular weight excluding hydrogens is 158 g/mol. The molecule has 0 unspecified atom stereocenters. The zero-order valence-electron chi connectivity index (χ0n) is 6.43. The molecule has 5 heteroatoms. The molecule has 2 rings (SSSR count). The van der Waals surface area contributed by atoms with Crippen LogP contribution in [-0.4, -0.2) is 29.2 Å². The van der Waals surface area contributed by atoms with E-state index < -0.39 is 0 Å². The lowest BCUT2D eigenvalue weighted by Gasteiger charge is -2.07. The summed E-state index contributed by atoms with van der Waals surface area (Å²) in [7, 11) is 0. The number of nitrogens with zero attached hydrogens (tertiary/aromatic N) is 2. The van der Waals surface area contributed by atoms with Gasteiger partial charge in [-0.15, -0.1) is 0 Å². The van der Waals surface area contributed by atoms with Gasteiger partial charge in [0.15, 0.2) is 0 Å². The third-order valence-electron chi connectivity index (χ3n) is 1.50. The SMILES string of the molecule is c1cnc(O[C@H]2CNOC2)nc1. The van der Waals surface area contributed by atoms with Crippen molar-refractivity contribution in [2.45, 2.75) is 6.10 Å². The molecule has 12 heavy (non-hydrogen) atoms. The molecule has 2 heterocycles. The smallest absolute Gasteiger partial charge is 0.316 e. The van der Waals surface area contributed by atoms with Gasteiger partial charge >= 0.3 is 6.01 Å². The summed E-state index contributed by atoms with van der Waals surface area (Å²) in [5.41, 5.74) is 2.71. The van der Waals surface area contributed by atoms with Gasteiger partial charge < -0.3 is 4.74 Å². The molecule has 0 radical (unpaired) electrons. The molecule has 5 nitrogen and oxygen atoms in total. The van der Waals surface area contributed by atoms with Crippen molar-refractivity contribution in [1.29, 1.82) is 0 Å². The van der Waals surface area contributed by atoms with E-state index >= 15 is 0 Å². The lowest BCUT2D eigenvalue weighted by molar-refractivity contribution is 0.0823. The lowest BCUT2D eigenvalue weighted by atomic mass is 10.4. The van der Waals surface area contributed by atoms with E-state index in [1.165, 1.54) is 0 Å². The largest absolute Gasteiger partial charge is 0.456 e. The van der Waals surface area contributed by atoms with Crippen LogP contribution < -0.4 is 10.2 Å². The number of hydroxylamine groups is 1. The fourth-order valence-electron chi connectivity index (χ4n) is 0.934. The molecule has 1 fully saturated rings. The van der Waals surface area contributed by atoms with Gasteiger partial charge in [-0.05, 0) is 6.07 Å². The highest BCUT2D eigenvalue weighted by atomic mass is 16.7. The predicted molar refractivity (Wildman–Crippen MR) is 40.4 cm³/mol. The monoisotopic (exact) mass is 167 g/mol. The van der Waals surface area contributed by atoms with Crippen LogP contribution in [0.3, 0.4) is 0 Å². The Morgan fingerprint density at radius 2 is 2.33 bits per heavy atom. The first-order valence-corrected chi connectivity index (χ1v) is 3.73. The molecule has 1 N–H and O–H groups in total. The maximum atomic E-state index is 5.37. The second-order valence-corrected chi connectivity index (χ2v) is 2.43. The first kappa shape index (κ1) is 7.45. The standard InChI is InChI=1S/C7H9N3O2/c1-2-8-7(9-3-1)12-6-4-10-11-5-6/h1-3,6,10H,4-5H2/t6-/m0/s1. The average Bonchev–Trinajstić information content (AvgIpc) is 2.59. The minimum Gasteiger partial charge on any atom is -0.456 e. The van der Waals surface area contributed by atoms with Crippen LogP contribution in [0.5, 0.6) is 6.01 Å². The molecule has 1 aromatic heterocycles. The molecule has 0 bridgehead atoms. The van der Waals surface area contributed by atoms with Gasteiger partial charge in [-0.25, -0.2) is 9.97 Å². The van der Waals surface area contributed by atoms with Gasteiger partial charge in [0.1, 0.15) is 12.7 Å². The molecule has 0 amide bonds. The summed E-state index contributed by atoms with van der Waals surface area (Å²) in [6.07, 6.45) is 3.31. The van der Waals surface area contributed by atoms with Crippen molar-refractivity contribution in [3.8, 4) is 6.01 Å². The fraction of sp³-hybridized carbons (Fsp3) is 0.429. The van der Waals surface area contributed by atoms with E-state index in [9.17, 15) is 0 Å². The number of aromatic nitrogens is 2. The molecule has 1 saturated heterocycles. The molecule has 0 aliphatic carbocycles. The van der Waals surface area contributed by atoms with Crippen molar-refractivity contribution >= 4 is 0 Å². The highest BCUT2D eigenvalue weighted by Crippen LogP contribution is 2.04. The minimum absolute atomic E-state index is 0.0207. The van der Waals surface area contributed by atoms with Crippen molar-refractivity contribution in [1.82, 2.24) is 15.4 Å². The van der Waals surface area contributed by atoms with E-state index in [1.807, 2.05) is 0 Å². The van der Waals surface area contributed by atoms with Gasteiger partial charge in [-0.2, -0.15) is 5.48 Å². The lowest BCUT2D eigenvalue weighted by Crippen LogP contribution is -2.22. The number of rotatable bonds is 2. The average molecular weight is 167 g/mol. The molecule has 1 aliphatic rings. The molecule has 1 atom stereocenters. The number of hydrogen-bond acceptors (Lipinski definition) is 5. The van der Waals surface area contributed by atoms with E-state index in [2.05, 4.69) is 15.4 Å². The zero-order valence-corrected chi connectivity index (χ0v) is 6.43. The Hall–Kier alpha value is -1.20. The summed E-state index contributed by atoms with van der Waals surface area (Å²) in [6.45, 7) is 1.22. The van der Waals surface area contributed by atoms with Crippen molar-refractivity contribution in [3.05, 3.63) is 18.5 Å². The van der Waals surface area contributed by atoms with Crippen molar-refractivity contribution < 1.29 is 9.57 Å². The van der Waals surface area contributed by atoms with Gasteiger partial charge in [-0.3, -0.25) is 4.84 Å². The van der Waals surface area contributed by atoms with Crippen LogP contribution in [0.2, 0.25) is 0 Å². The molecule has 1 aliphatic heterocycles. The second-order valence-electron chi connectivity index (χ2n) is 2.43. The van der Waals surface area contributed by atoms with Crippen LogP contribution in [0.1, 0.15) is 0 Å². The van der Waals surface area contributed by atoms with E-state index in [4.69, 9.17) is 9.57 Å². The van der Waals surface area contributed by atoms with E-state index in [1.54, 1.807) is 18.5 Å². The Balaban J connectivity index is 1.94. The summed E-state index contributed by atoms with van der Waals surface area (Å²) in [4.78, 5) is 12.7. The molecule has 1 aromatic rings. The Kier molecular flexibility index (Phi) is 2.15. The van der Waals surface area contributed by atoms with Gasteiger partial charge in [0, 0.05) is 12.4 Å². The number of nitrogens with one attached hydrogen (secondary N) is 1. The second kappa shape index (κ2) is 3.46. The van der Waals surface area contributed by atoms with Crippen LogP contribution in [0.15, 0.2) is 18.5 Å². The Labute approximate surface area is 69.7 Å². The molecule has 0 saturated carbocycles. The van der Waals surface area contributed by atoms with Crippen LogP contribution in [-0.2, 0) is 4.84 Å². The Bertz CT molecular complexity index is 236. The van der Waals surface area contributed by atoms with Crippen molar-refractivity contribution in [3.63, 3.8) is 0 Å². The number of ether oxygens (including phenoxy) is 1. The summed E-state index contributed by atoms with van der Waals surface area (Å²) in [6, 6.07) is 2.14. The topological polar surface area (TPSA) is 56.3 Å². The summed E-state index contributed by atoms with van der Waals surface area (Å²) >= 11 is 0. The molecule has 0 spiro atoms. The summed E-state index contributed by atoms with van der Waals surface area (Å²) < 4.78 is 5.37. The van der Waals surface area contributed by atoms with Gasteiger partial charge in [0.05, 0.1) is 6.54 Å². The quantitative estimate of drug-likeness (QED) is 0.658.